The fourth-order valence-corrected chi connectivity index (χ4v) is 3.07. The molecule has 0 spiro atoms. The number of hydrogen-bond acceptors (Lipinski definition) is 6. The fraction of sp³-hybridized carbons (Fsp3) is 0.304. The second-order valence-electron chi connectivity index (χ2n) is 6.97. The van der Waals surface area contributed by atoms with E-state index in [2.05, 4.69) is 20.5 Å². The topological polar surface area (TPSA) is 106 Å². The van der Waals surface area contributed by atoms with E-state index >= 15 is 0 Å². The molecule has 3 aromatic rings. The van der Waals surface area contributed by atoms with Crippen LogP contribution in [0.15, 0.2) is 54.9 Å². The van der Waals surface area contributed by atoms with Crippen molar-refractivity contribution in [3.8, 4) is 17.1 Å². The van der Waals surface area contributed by atoms with Crippen LogP contribution in [0.2, 0.25) is 0 Å². The molecule has 2 heterocycles. The van der Waals surface area contributed by atoms with Crippen LogP contribution in [0.4, 0.5) is 0 Å². The fourth-order valence-electron chi connectivity index (χ4n) is 3.07. The Balaban J connectivity index is 1.49. The minimum absolute atomic E-state index is 0.265. The number of nitrogens with zero attached hydrogens (tertiary/aromatic N) is 2. The van der Waals surface area contributed by atoms with Gasteiger partial charge in [-0.25, -0.2) is 4.79 Å². The Kier molecular flexibility index (Phi) is 7.75. The molecule has 0 aliphatic heterocycles. The summed E-state index contributed by atoms with van der Waals surface area (Å²) < 4.78 is 10.8. The smallest absolute Gasteiger partial charge is 0.328 e. The molecule has 0 bridgehead atoms. The van der Waals surface area contributed by atoms with Gasteiger partial charge in [-0.15, -0.1) is 0 Å². The molecule has 3 rings (SSSR count). The van der Waals surface area contributed by atoms with Gasteiger partial charge in [0.15, 0.2) is 0 Å². The number of hydrogen-bond donors (Lipinski definition) is 2. The quantitative estimate of drug-likeness (QED) is 0.487. The number of aromatic nitrogens is 3. The molecule has 1 atom stereocenters. The van der Waals surface area contributed by atoms with E-state index in [-0.39, 0.29) is 12.5 Å². The van der Waals surface area contributed by atoms with E-state index in [1.54, 1.807) is 19.3 Å². The lowest BCUT2D eigenvalue weighted by molar-refractivity contribution is -0.147. The van der Waals surface area contributed by atoms with Crippen molar-refractivity contribution >= 4 is 11.9 Å². The number of carbonyl (C=O) groups is 2. The zero-order chi connectivity index (χ0) is 22.1. The first-order chi connectivity index (χ1) is 15.0. The number of nitrogens with one attached hydrogen (secondary N) is 2. The zero-order valence-corrected chi connectivity index (χ0v) is 17.6. The largest absolute Gasteiger partial charge is 0.492 e. The first kappa shape index (κ1) is 22.0. The summed E-state index contributed by atoms with van der Waals surface area (Å²) in [5.41, 5.74) is 3.71. The highest BCUT2D eigenvalue weighted by atomic mass is 16.5. The normalized spacial score (nSPS) is 11.5. The van der Waals surface area contributed by atoms with Crippen LogP contribution in [-0.4, -0.2) is 46.3 Å². The molecule has 8 nitrogen and oxygen atoms in total. The van der Waals surface area contributed by atoms with Crippen molar-refractivity contribution in [2.45, 2.75) is 32.7 Å². The van der Waals surface area contributed by atoms with Crippen molar-refractivity contribution in [2.75, 3.05) is 13.2 Å². The first-order valence-electron chi connectivity index (χ1n) is 10.2. The average molecular weight is 422 g/mol. The van der Waals surface area contributed by atoms with Gasteiger partial charge in [0.05, 0.1) is 30.8 Å². The van der Waals surface area contributed by atoms with E-state index in [1.807, 2.05) is 42.5 Å². The summed E-state index contributed by atoms with van der Waals surface area (Å²) in [6.07, 6.45) is 4.49. The third kappa shape index (κ3) is 6.67. The summed E-state index contributed by atoms with van der Waals surface area (Å²) in [6.45, 7) is 3.91. The van der Waals surface area contributed by atoms with Crippen molar-refractivity contribution in [1.29, 1.82) is 0 Å². The standard InChI is InChI=1S/C23H26N4O4/c1-3-30-23(29)22(26-16(2)28)14-18-6-4-17(5-7-18)11-13-31-19-8-9-20(24-15-19)21-10-12-25-27-21/h4-10,12,15,22H,3,11,13-14H2,1-2H3,(H,25,27)(H,26,28)/t22-/m1/s1. The van der Waals surface area contributed by atoms with Crippen molar-refractivity contribution in [2.24, 2.45) is 0 Å². The summed E-state index contributed by atoms with van der Waals surface area (Å²) in [7, 11) is 0. The first-order valence-corrected chi connectivity index (χ1v) is 10.2. The van der Waals surface area contributed by atoms with Gasteiger partial charge in [0.25, 0.3) is 0 Å². The number of rotatable bonds is 10. The van der Waals surface area contributed by atoms with Crippen LogP contribution >= 0.6 is 0 Å². The van der Waals surface area contributed by atoms with Gasteiger partial charge in [-0.3, -0.25) is 14.9 Å². The van der Waals surface area contributed by atoms with E-state index < -0.39 is 12.0 Å². The monoisotopic (exact) mass is 422 g/mol. The van der Waals surface area contributed by atoms with Crippen LogP contribution < -0.4 is 10.1 Å². The molecule has 0 aliphatic rings. The predicted molar refractivity (Wildman–Crippen MR) is 115 cm³/mol. The Morgan fingerprint density at radius 2 is 1.87 bits per heavy atom. The van der Waals surface area contributed by atoms with Crippen LogP contribution in [0.1, 0.15) is 25.0 Å². The maximum atomic E-state index is 12.1. The molecular formula is C23H26N4O4. The van der Waals surface area contributed by atoms with Gasteiger partial charge in [-0.05, 0) is 36.2 Å². The van der Waals surface area contributed by atoms with Gasteiger partial charge in [0.2, 0.25) is 5.91 Å². The lowest BCUT2D eigenvalue weighted by Crippen LogP contribution is -2.42. The van der Waals surface area contributed by atoms with Crippen molar-refractivity contribution in [3.05, 3.63) is 66.0 Å². The molecule has 2 N–H and O–H groups in total. The molecule has 0 saturated carbocycles. The molecule has 2 aromatic heterocycles. The summed E-state index contributed by atoms with van der Waals surface area (Å²) in [5, 5.41) is 9.44. The summed E-state index contributed by atoms with van der Waals surface area (Å²) in [5.74, 6) is 0.00807. The third-order valence-electron chi connectivity index (χ3n) is 4.58. The maximum Gasteiger partial charge on any atom is 0.328 e. The Labute approximate surface area is 181 Å². The lowest BCUT2D eigenvalue weighted by atomic mass is 10.0. The Hall–Kier alpha value is -3.68. The molecule has 162 valence electrons. The van der Waals surface area contributed by atoms with Gasteiger partial charge < -0.3 is 14.8 Å². The number of amides is 1. The number of benzene rings is 1. The third-order valence-corrected chi connectivity index (χ3v) is 4.58. The molecule has 0 radical (unpaired) electrons. The highest BCUT2D eigenvalue weighted by Crippen LogP contribution is 2.17. The Bertz CT molecular complexity index is 970. The molecule has 1 amide bonds. The lowest BCUT2D eigenvalue weighted by Gasteiger charge is -2.16. The Morgan fingerprint density at radius 3 is 2.48 bits per heavy atom. The maximum absolute atomic E-state index is 12.1. The molecule has 0 aliphatic carbocycles. The molecule has 0 fully saturated rings. The number of H-pyrrole nitrogens is 1. The number of carbonyl (C=O) groups excluding carboxylic acids is 2. The SMILES string of the molecule is CCOC(=O)[C@@H](Cc1ccc(CCOc2ccc(-c3ccn[nH]3)nc2)cc1)NC(C)=O. The highest BCUT2D eigenvalue weighted by Gasteiger charge is 2.21. The van der Waals surface area contributed by atoms with Gasteiger partial charge >= 0.3 is 5.97 Å². The van der Waals surface area contributed by atoms with E-state index in [0.717, 1.165) is 28.9 Å². The van der Waals surface area contributed by atoms with E-state index in [9.17, 15) is 9.59 Å². The van der Waals surface area contributed by atoms with Gasteiger partial charge in [-0.2, -0.15) is 5.10 Å². The molecule has 0 unspecified atom stereocenters. The molecule has 8 heteroatoms. The van der Waals surface area contributed by atoms with Crippen molar-refractivity contribution < 1.29 is 19.1 Å². The number of esters is 1. The summed E-state index contributed by atoms with van der Waals surface area (Å²) >= 11 is 0. The number of ether oxygens (including phenoxy) is 2. The molecular weight excluding hydrogens is 396 g/mol. The van der Waals surface area contributed by atoms with Crippen LogP contribution in [0.3, 0.4) is 0 Å². The van der Waals surface area contributed by atoms with Gasteiger partial charge in [-0.1, -0.05) is 24.3 Å². The second kappa shape index (κ2) is 10.9. The van der Waals surface area contributed by atoms with Gasteiger partial charge in [0.1, 0.15) is 11.8 Å². The molecule has 0 saturated heterocycles. The number of pyridine rings is 1. The minimum atomic E-state index is -0.691. The zero-order valence-electron chi connectivity index (χ0n) is 17.6. The Morgan fingerprint density at radius 1 is 1.10 bits per heavy atom. The van der Waals surface area contributed by atoms with Crippen LogP contribution in [-0.2, 0) is 27.2 Å². The molecule has 31 heavy (non-hydrogen) atoms. The summed E-state index contributed by atoms with van der Waals surface area (Å²) in [6, 6.07) is 12.8. The molecule has 1 aromatic carbocycles. The number of aromatic amines is 1. The van der Waals surface area contributed by atoms with Crippen molar-refractivity contribution in [3.63, 3.8) is 0 Å². The van der Waals surface area contributed by atoms with E-state index in [0.29, 0.717) is 18.8 Å². The average Bonchev–Trinajstić information content (AvgIpc) is 3.30. The summed E-state index contributed by atoms with van der Waals surface area (Å²) in [4.78, 5) is 27.8. The second-order valence-corrected chi connectivity index (χ2v) is 6.97. The minimum Gasteiger partial charge on any atom is -0.492 e. The van der Waals surface area contributed by atoms with E-state index in [4.69, 9.17) is 9.47 Å². The highest BCUT2D eigenvalue weighted by molar-refractivity contribution is 5.83. The van der Waals surface area contributed by atoms with Crippen LogP contribution in [0.25, 0.3) is 11.4 Å². The van der Waals surface area contributed by atoms with Crippen LogP contribution in [0.5, 0.6) is 5.75 Å². The van der Waals surface area contributed by atoms with E-state index in [1.165, 1.54) is 6.92 Å². The van der Waals surface area contributed by atoms with Gasteiger partial charge in [0, 0.05) is 26.0 Å². The van der Waals surface area contributed by atoms with Crippen LogP contribution in [0, 0.1) is 0 Å². The van der Waals surface area contributed by atoms with Crippen molar-refractivity contribution in [1.82, 2.24) is 20.5 Å². The predicted octanol–water partition coefficient (Wildman–Crippen LogP) is 2.70.